The lowest BCUT2D eigenvalue weighted by atomic mass is 9.95. The number of nitrogens with one attached hydrogen (secondary N) is 1. The van der Waals surface area contributed by atoms with Gasteiger partial charge in [0, 0.05) is 32.1 Å². The molecule has 1 amide bonds. The van der Waals surface area contributed by atoms with Crippen molar-refractivity contribution in [1.29, 1.82) is 0 Å². The molecule has 1 aromatic carbocycles. The highest BCUT2D eigenvalue weighted by Gasteiger charge is 2.35. The Morgan fingerprint density at radius 3 is 2.56 bits per heavy atom. The Hall–Kier alpha value is -2.18. The highest BCUT2D eigenvalue weighted by atomic mass is 16.2. The number of benzene rings is 1. The fraction of sp³-hybridized carbons (Fsp3) is 0.474. The zero-order chi connectivity index (χ0) is 18.1. The zero-order valence-corrected chi connectivity index (χ0v) is 15.4. The lowest BCUT2D eigenvalue weighted by Gasteiger charge is -2.23. The first-order valence-electron chi connectivity index (χ1n) is 8.74. The van der Waals surface area contributed by atoms with Crippen molar-refractivity contribution in [1.82, 2.24) is 14.7 Å². The summed E-state index contributed by atoms with van der Waals surface area (Å²) in [4.78, 5) is 14.9. The van der Waals surface area contributed by atoms with Crippen molar-refractivity contribution in [2.45, 2.75) is 38.8 Å². The number of nitrogens with zero attached hydrogens (tertiary/aromatic N) is 3. The molecule has 1 aliphatic heterocycles. The van der Waals surface area contributed by atoms with E-state index in [-0.39, 0.29) is 23.9 Å². The van der Waals surface area contributed by atoms with E-state index in [1.54, 1.807) is 4.68 Å². The maximum atomic E-state index is 12.7. The van der Waals surface area contributed by atoms with Crippen LogP contribution in [-0.2, 0) is 11.8 Å². The number of carbonyl (C=O) groups is 1. The molecular formula is C19H27N5O. The topological polar surface area (TPSA) is 76.2 Å². The fourth-order valence-electron chi connectivity index (χ4n) is 3.58. The summed E-state index contributed by atoms with van der Waals surface area (Å²) >= 11 is 0. The summed E-state index contributed by atoms with van der Waals surface area (Å²) in [5.74, 6) is 0.249. The molecule has 1 aliphatic rings. The van der Waals surface area contributed by atoms with Crippen molar-refractivity contribution in [3.05, 3.63) is 47.3 Å². The lowest BCUT2D eigenvalue weighted by molar-refractivity contribution is -0.120. The molecule has 0 bridgehead atoms. The molecule has 1 saturated heterocycles. The van der Waals surface area contributed by atoms with Crippen LogP contribution in [0.2, 0.25) is 0 Å². The second-order valence-corrected chi connectivity index (χ2v) is 6.97. The predicted octanol–water partition coefficient (Wildman–Crippen LogP) is 1.79. The Bertz CT molecular complexity index is 755. The van der Waals surface area contributed by atoms with E-state index in [0.29, 0.717) is 0 Å². The van der Waals surface area contributed by atoms with Crippen LogP contribution in [0.25, 0.3) is 0 Å². The molecule has 6 heteroatoms. The van der Waals surface area contributed by atoms with Crippen molar-refractivity contribution < 1.29 is 4.79 Å². The maximum Gasteiger partial charge on any atom is 0.241 e. The Balaban J connectivity index is 1.69. The van der Waals surface area contributed by atoms with Gasteiger partial charge < -0.3 is 11.1 Å². The third-order valence-electron chi connectivity index (χ3n) is 5.31. The van der Waals surface area contributed by atoms with Gasteiger partial charge in [-0.15, -0.1) is 0 Å². The standard InChI is InChI=1S/C19H27N5O/c1-12-18(13(2)23(4)22-12)21-19(25)14(3)24-10-16(17(20)11-24)15-8-6-5-7-9-15/h5-9,14,16-17H,10-11,20H2,1-4H3,(H,21,25)/t14?,16-,17+/m0/s1. The van der Waals surface area contributed by atoms with Crippen molar-refractivity contribution in [2.75, 3.05) is 18.4 Å². The molecule has 134 valence electrons. The Labute approximate surface area is 149 Å². The van der Waals surface area contributed by atoms with E-state index in [1.807, 2.05) is 46.0 Å². The average Bonchev–Trinajstić information content (AvgIpc) is 3.10. The third kappa shape index (κ3) is 3.45. The third-order valence-corrected chi connectivity index (χ3v) is 5.31. The zero-order valence-electron chi connectivity index (χ0n) is 15.4. The van der Waals surface area contributed by atoms with Gasteiger partial charge in [0.05, 0.1) is 23.1 Å². The second kappa shape index (κ2) is 6.98. The van der Waals surface area contributed by atoms with Crippen LogP contribution in [0.5, 0.6) is 0 Å². The van der Waals surface area contributed by atoms with Gasteiger partial charge in [0.15, 0.2) is 0 Å². The molecule has 2 aromatic rings. The monoisotopic (exact) mass is 341 g/mol. The van der Waals surface area contributed by atoms with E-state index in [9.17, 15) is 4.79 Å². The number of aryl methyl sites for hydroxylation is 2. The Morgan fingerprint density at radius 2 is 1.96 bits per heavy atom. The van der Waals surface area contributed by atoms with Gasteiger partial charge in [-0.3, -0.25) is 14.4 Å². The summed E-state index contributed by atoms with van der Waals surface area (Å²) in [6, 6.07) is 10.1. The minimum atomic E-state index is -0.237. The van der Waals surface area contributed by atoms with Crippen molar-refractivity contribution >= 4 is 11.6 Å². The van der Waals surface area contributed by atoms with Gasteiger partial charge in [-0.25, -0.2) is 0 Å². The van der Waals surface area contributed by atoms with Gasteiger partial charge in [0.25, 0.3) is 0 Å². The van der Waals surface area contributed by atoms with Gasteiger partial charge in [-0.05, 0) is 26.3 Å². The van der Waals surface area contributed by atoms with Gasteiger partial charge in [0.1, 0.15) is 0 Å². The molecule has 1 aromatic heterocycles. The maximum absolute atomic E-state index is 12.7. The summed E-state index contributed by atoms with van der Waals surface area (Å²) in [7, 11) is 1.88. The van der Waals surface area contributed by atoms with Gasteiger partial charge in [-0.2, -0.15) is 5.10 Å². The molecule has 6 nitrogen and oxygen atoms in total. The molecule has 2 heterocycles. The molecule has 1 unspecified atom stereocenters. The Morgan fingerprint density at radius 1 is 1.28 bits per heavy atom. The van der Waals surface area contributed by atoms with Crippen LogP contribution in [0.1, 0.15) is 29.8 Å². The minimum Gasteiger partial charge on any atom is -0.326 e. The molecule has 0 saturated carbocycles. The number of likely N-dealkylation sites (tertiary alicyclic amines) is 1. The van der Waals surface area contributed by atoms with Crippen molar-refractivity contribution in [3.8, 4) is 0 Å². The molecule has 0 radical (unpaired) electrons. The van der Waals surface area contributed by atoms with Gasteiger partial charge in [-0.1, -0.05) is 30.3 Å². The van der Waals surface area contributed by atoms with Gasteiger partial charge >= 0.3 is 0 Å². The molecule has 0 aliphatic carbocycles. The average molecular weight is 341 g/mol. The van der Waals surface area contributed by atoms with E-state index in [1.165, 1.54) is 5.56 Å². The number of carbonyl (C=O) groups excluding carboxylic acids is 1. The fourth-order valence-corrected chi connectivity index (χ4v) is 3.58. The molecule has 3 rings (SSSR count). The highest BCUT2D eigenvalue weighted by molar-refractivity contribution is 5.95. The first kappa shape index (κ1) is 17.6. The number of aromatic nitrogens is 2. The number of anilines is 1. The van der Waals surface area contributed by atoms with E-state index in [2.05, 4.69) is 27.4 Å². The quantitative estimate of drug-likeness (QED) is 0.889. The summed E-state index contributed by atoms with van der Waals surface area (Å²) in [6.45, 7) is 7.32. The van der Waals surface area contributed by atoms with Crippen LogP contribution in [-0.4, -0.2) is 45.8 Å². The molecule has 3 atom stereocenters. The first-order chi connectivity index (χ1) is 11.9. The largest absolute Gasteiger partial charge is 0.326 e. The van der Waals surface area contributed by atoms with E-state index in [0.717, 1.165) is 30.2 Å². The van der Waals surface area contributed by atoms with E-state index >= 15 is 0 Å². The highest BCUT2D eigenvalue weighted by Crippen LogP contribution is 2.28. The van der Waals surface area contributed by atoms with Crippen LogP contribution in [0.4, 0.5) is 5.69 Å². The van der Waals surface area contributed by atoms with Crippen LogP contribution < -0.4 is 11.1 Å². The van der Waals surface area contributed by atoms with Crippen LogP contribution in [0, 0.1) is 13.8 Å². The summed E-state index contributed by atoms with van der Waals surface area (Å²) in [5.41, 5.74) is 10.2. The number of rotatable bonds is 4. The van der Waals surface area contributed by atoms with Crippen LogP contribution in [0.3, 0.4) is 0 Å². The summed E-state index contributed by atoms with van der Waals surface area (Å²) < 4.78 is 1.78. The van der Waals surface area contributed by atoms with Crippen LogP contribution >= 0.6 is 0 Å². The molecule has 25 heavy (non-hydrogen) atoms. The number of hydrogen-bond acceptors (Lipinski definition) is 4. The van der Waals surface area contributed by atoms with Crippen LogP contribution in [0.15, 0.2) is 30.3 Å². The van der Waals surface area contributed by atoms with Crippen molar-refractivity contribution in [3.63, 3.8) is 0 Å². The SMILES string of the molecule is Cc1nn(C)c(C)c1NC(=O)C(C)N1C[C@@H](N)[C@H](c2ccccc2)C1. The van der Waals surface area contributed by atoms with E-state index in [4.69, 9.17) is 5.73 Å². The normalized spacial score (nSPS) is 22.1. The number of nitrogens with two attached hydrogens (primary N) is 1. The molecule has 0 spiro atoms. The summed E-state index contributed by atoms with van der Waals surface area (Å²) in [6.07, 6.45) is 0. The van der Waals surface area contributed by atoms with Gasteiger partial charge in [0.2, 0.25) is 5.91 Å². The smallest absolute Gasteiger partial charge is 0.241 e. The van der Waals surface area contributed by atoms with E-state index < -0.39 is 0 Å². The number of amides is 1. The molecular weight excluding hydrogens is 314 g/mol. The molecule has 3 N–H and O–H groups in total. The second-order valence-electron chi connectivity index (χ2n) is 6.97. The predicted molar refractivity (Wildman–Crippen MR) is 99.5 cm³/mol. The minimum absolute atomic E-state index is 0.0138. The number of hydrogen-bond donors (Lipinski definition) is 2. The first-order valence-corrected chi connectivity index (χ1v) is 8.74. The Kier molecular flexibility index (Phi) is 4.92. The molecule has 1 fully saturated rings. The summed E-state index contributed by atoms with van der Waals surface area (Å²) in [5, 5.41) is 7.39. The van der Waals surface area contributed by atoms with Crippen molar-refractivity contribution in [2.24, 2.45) is 12.8 Å². The lowest BCUT2D eigenvalue weighted by Crippen LogP contribution is -2.42.